The first-order chi connectivity index (χ1) is 6.34. The topological polar surface area (TPSA) is 29.3 Å². The SMILES string of the molecule is NC1CCN(CC2CCSCC2)C1. The minimum Gasteiger partial charge on any atom is -0.326 e. The number of nitrogens with zero attached hydrogens (tertiary/aromatic N) is 1. The number of thioether (sulfide) groups is 1. The van der Waals surface area contributed by atoms with Crippen LogP contribution in [-0.4, -0.2) is 42.1 Å². The lowest BCUT2D eigenvalue weighted by molar-refractivity contribution is 0.265. The van der Waals surface area contributed by atoms with Crippen molar-refractivity contribution in [2.75, 3.05) is 31.1 Å². The maximum absolute atomic E-state index is 5.88. The van der Waals surface area contributed by atoms with E-state index in [4.69, 9.17) is 5.73 Å². The molecule has 0 aromatic carbocycles. The van der Waals surface area contributed by atoms with Crippen LogP contribution in [0.4, 0.5) is 0 Å². The lowest BCUT2D eigenvalue weighted by Gasteiger charge is -2.26. The summed E-state index contributed by atoms with van der Waals surface area (Å²) in [5.41, 5.74) is 5.88. The van der Waals surface area contributed by atoms with E-state index in [1.165, 1.54) is 43.9 Å². The van der Waals surface area contributed by atoms with E-state index in [1.54, 1.807) is 0 Å². The zero-order chi connectivity index (χ0) is 9.10. The molecule has 2 heterocycles. The summed E-state index contributed by atoms with van der Waals surface area (Å²) in [6, 6.07) is 0.456. The Balaban J connectivity index is 1.71. The van der Waals surface area contributed by atoms with Crippen molar-refractivity contribution in [2.24, 2.45) is 11.7 Å². The molecular weight excluding hydrogens is 180 g/mol. The molecule has 0 saturated carbocycles. The smallest absolute Gasteiger partial charge is 0.0180 e. The molecule has 0 radical (unpaired) electrons. The van der Waals surface area contributed by atoms with Gasteiger partial charge in [0.25, 0.3) is 0 Å². The summed E-state index contributed by atoms with van der Waals surface area (Å²) < 4.78 is 0. The normalized spacial score (nSPS) is 32.5. The highest BCUT2D eigenvalue weighted by atomic mass is 32.2. The molecule has 1 atom stereocenters. The van der Waals surface area contributed by atoms with Crippen LogP contribution in [0.25, 0.3) is 0 Å². The molecule has 0 aromatic rings. The van der Waals surface area contributed by atoms with Crippen LogP contribution in [0.1, 0.15) is 19.3 Å². The molecule has 2 fully saturated rings. The van der Waals surface area contributed by atoms with E-state index in [-0.39, 0.29) is 0 Å². The maximum atomic E-state index is 5.88. The van der Waals surface area contributed by atoms with Gasteiger partial charge in [-0.3, -0.25) is 0 Å². The van der Waals surface area contributed by atoms with Gasteiger partial charge in [-0.2, -0.15) is 11.8 Å². The fourth-order valence-electron chi connectivity index (χ4n) is 2.32. The molecule has 0 aliphatic carbocycles. The molecule has 0 aromatic heterocycles. The summed E-state index contributed by atoms with van der Waals surface area (Å²) in [7, 11) is 0. The Morgan fingerprint density at radius 1 is 1.23 bits per heavy atom. The number of hydrogen-bond donors (Lipinski definition) is 1. The standard InChI is InChI=1S/C10H20N2S/c11-10-1-4-12(8-10)7-9-2-5-13-6-3-9/h9-10H,1-8,11H2. The molecule has 1 unspecified atom stereocenters. The van der Waals surface area contributed by atoms with E-state index in [0.29, 0.717) is 6.04 Å². The van der Waals surface area contributed by atoms with Crippen LogP contribution >= 0.6 is 11.8 Å². The van der Waals surface area contributed by atoms with Crippen molar-refractivity contribution in [3.05, 3.63) is 0 Å². The summed E-state index contributed by atoms with van der Waals surface area (Å²) in [6.45, 7) is 3.70. The second-order valence-corrected chi connectivity index (χ2v) is 5.59. The third-order valence-corrected chi connectivity index (χ3v) is 4.21. The Morgan fingerprint density at radius 2 is 2.00 bits per heavy atom. The predicted octanol–water partition coefficient (Wildman–Crippen LogP) is 1.16. The monoisotopic (exact) mass is 200 g/mol. The van der Waals surface area contributed by atoms with Crippen molar-refractivity contribution in [1.29, 1.82) is 0 Å². The van der Waals surface area contributed by atoms with Crippen molar-refractivity contribution in [1.82, 2.24) is 4.90 Å². The summed E-state index contributed by atoms with van der Waals surface area (Å²) in [5.74, 6) is 3.72. The van der Waals surface area contributed by atoms with Gasteiger partial charge in [-0.1, -0.05) is 0 Å². The fourth-order valence-corrected chi connectivity index (χ4v) is 3.53. The van der Waals surface area contributed by atoms with E-state index in [2.05, 4.69) is 16.7 Å². The van der Waals surface area contributed by atoms with Crippen molar-refractivity contribution in [3.8, 4) is 0 Å². The highest BCUT2D eigenvalue weighted by Gasteiger charge is 2.22. The highest BCUT2D eigenvalue weighted by molar-refractivity contribution is 7.99. The minimum absolute atomic E-state index is 0.456. The third kappa shape index (κ3) is 2.86. The van der Waals surface area contributed by atoms with E-state index in [0.717, 1.165) is 12.5 Å². The number of nitrogens with two attached hydrogens (primary N) is 1. The molecule has 3 heteroatoms. The Hall–Kier alpha value is 0.270. The van der Waals surface area contributed by atoms with Gasteiger partial charge in [0.1, 0.15) is 0 Å². The molecule has 76 valence electrons. The van der Waals surface area contributed by atoms with Crippen molar-refractivity contribution in [3.63, 3.8) is 0 Å². The zero-order valence-electron chi connectivity index (χ0n) is 8.24. The van der Waals surface area contributed by atoms with Gasteiger partial charge >= 0.3 is 0 Å². The van der Waals surface area contributed by atoms with E-state index >= 15 is 0 Å². The van der Waals surface area contributed by atoms with E-state index < -0.39 is 0 Å². The van der Waals surface area contributed by atoms with Gasteiger partial charge in [-0.25, -0.2) is 0 Å². The molecule has 2 rings (SSSR count). The summed E-state index contributed by atoms with van der Waals surface area (Å²) in [5, 5.41) is 0. The Bertz CT molecular complexity index is 154. The van der Waals surface area contributed by atoms with Crippen molar-refractivity contribution < 1.29 is 0 Å². The van der Waals surface area contributed by atoms with E-state index in [1.807, 2.05) is 0 Å². The van der Waals surface area contributed by atoms with E-state index in [9.17, 15) is 0 Å². The van der Waals surface area contributed by atoms with Gasteiger partial charge < -0.3 is 10.6 Å². The second-order valence-electron chi connectivity index (χ2n) is 4.36. The number of rotatable bonds is 2. The predicted molar refractivity (Wildman–Crippen MR) is 59.1 cm³/mol. The fraction of sp³-hybridized carbons (Fsp3) is 1.00. The van der Waals surface area contributed by atoms with Gasteiger partial charge in [0.05, 0.1) is 0 Å². The van der Waals surface area contributed by atoms with Gasteiger partial charge in [0, 0.05) is 19.1 Å². The van der Waals surface area contributed by atoms with Gasteiger partial charge in [-0.15, -0.1) is 0 Å². The molecular formula is C10H20N2S. The zero-order valence-corrected chi connectivity index (χ0v) is 9.06. The second kappa shape index (κ2) is 4.67. The van der Waals surface area contributed by atoms with Crippen LogP contribution in [0.15, 0.2) is 0 Å². The molecule has 2 nitrogen and oxygen atoms in total. The third-order valence-electron chi connectivity index (χ3n) is 3.17. The molecule has 0 amide bonds. The molecule has 13 heavy (non-hydrogen) atoms. The first-order valence-electron chi connectivity index (χ1n) is 5.40. The maximum Gasteiger partial charge on any atom is 0.0180 e. The first kappa shape index (κ1) is 9.81. The minimum atomic E-state index is 0.456. The molecule has 2 aliphatic rings. The van der Waals surface area contributed by atoms with Crippen LogP contribution in [0.2, 0.25) is 0 Å². The Morgan fingerprint density at radius 3 is 2.62 bits per heavy atom. The first-order valence-corrected chi connectivity index (χ1v) is 6.56. The summed E-state index contributed by atoms with van der Waals surface area (Å²) in [6.07, 6.45) is 4.06. The van der Waals surface area contributed by atoms with Crippen LogP contribution in [0, 0.1) is 5.92 Å². The number of likely N-dealkylation sites (tertiary alicyclic amines) is 1. The van der Waals surface area contributed by atoms with Crippen LogP contribution in [0.5, 0.6) is 0 Å². The molecule has 0 spiro atoms. The lowest BCUT2D eigenvalue weighted by Crippen LogP contribution is -2.32. The van der Waals surface area contributed by atoms with Crippen molar-refractivity contribution in [2.45, 2.75) is 25.3 Å². The molecule has 2 saturated heterocycles. The van der Waals surface area contributed by atoms with Crippen LogP contribution in [0.3, 0.4) is 0 Å². The highest BCUT2D eigenvalue weighted by Crippen LogP contribution is 2.24. The largest absolute Gasteiger partial charge is 0.326 e. The van der Waals surface area contributed by atoms with Gasteiger partial charge in [0.15, 0.2) is 0 Å². The number of hydrogen-bond acceptors (Lipinski definition) is 3. The molecule has 2 N–H and O–H groups in total. The average molecular weight is 200 g/mol. The van der Waals surface area contributed by atoms with Crippen molar-refractivity contribution >= 4 is 11.8 Å². The van der Waals surface area contributed by atoms with Gasteiger partial charge in [-0.05, 0) is 43.2 Å². The Labute approximate surface area is 85.2 Å². The Kier molecular flexibility index (Phi) is 3.52. The summed E-state index contributed by atoms with van der Waals surface area (Å²) >= 11 is 2.11. The van der Waals surface area contributed by atoms with Gasteiger partial charge in [0.2, 0.25) is 0 Å². The van der Waals surface area contributed by atoms with Crippen LogP contribution in [-0.2, 0) is 0 Å². The summed E-state index contributed by atoms with van der Waals surface area (Å²) in [4.78, 5) is 2.56. The molecule has 2 aliphatic heterocycles. The quantitative estimate of drug-likeness (QED) is 0.725. The van der Waals surface area contributed by atoms with Crippen LogP contribution < -0.4 is 5.73 Å². The lowest BCUT2D eigenvalue weighted by atomic mass is 10.0. The average Bonchev–Trinajstić information content (AvgIpc) is 2.53. The molecule has 0 bridgehead atoms.